The number of hydrogen-bond acceptors (Lipinski definition) is 2. The summed E-state index contributed by atoms with van der Waals surface area (Å²) in [7, 11) is 0. The highest BCUT2D eigenvalue weighted by atomic mass is 16.2. The van der Waals surface area contributed by atoms with Crippen molar-refractivity contribution in [1.29, 1.82) is 0 Å². The molecule has 0 heterocycles. The number of aryl methyl sites for hydroxylation is 2. The molecule has 0 radical (unpaired) electrons. The van der Waals surface area contributed by atoms with Gasteiger partial charge in [0.2, 0.25) is 5.91 Å². The molecule has 0 aliphatic heterocycles. The predicted octanol–water partition coefficient (Wildman–Crippen LogP) is 3.78. The van der Waals surface area contributed by atoms with Gasteiger partial charge in [-0.2, -0.15) is 0 Å². The number of anilines is 2. The van der Waals surface area contributed by atoms with Crippen LogP contribution in [-0.4, -0.2) is 11.8 Å². The quantitative estimate of drug-likeness (QED) is 0.901. The van der Waals surface area contributed by atoms with Gasteiger partial charge in [-0.25, -0.2) is 0 Å². The molecule has 4 nitrogen and oxygen atoms in total. The molecule has 0 saturated heterocycles. The Bertz CT molecular complexity index is 792. The molecule has 1 fully saturated rings. The minimum Gasteiger partial charge on any atom is -0.326 e. The van der Waals surface area contributed by atoms with Gasteiger partial charge in [0.1, 0.15) is 0 Å². The lowest BCUT2D eigenvalue weighted by molar-refractivity contribution is -0.117. The number of rotatable bonds is 4. The summed E-state index contributed by atoms with van der Waals surface area (Å²) >= 11 is 0. The Morgan fingerprint density at radius 2 is 1.54 bits per heavy atom. The van der Waals surface area contributed by atoms with Crippen LogP contribution in [0, 0.1) is 5.92 Å². The van der Waals surface area contributed by atoms with E-state index in [9.17, 15) is 9.59 Å². The number of benzene rings is 2. The Morgan fingerprint density at radius 3 is 2.29 bits per heavy atom. The number of nitrogens with one attached hydrogen (secondary N) is 2. The molecular formula is C20H20N2O2. The van der Waals surface area contributed by atoms with Crippen molar-refractivity contribution < 1.29 is 9.59 Å². The molecule has 0 spiro atoms. The second kappa shape index (κ2) is 6.11. The van der Waals surface area contributed by atoms with Crippen LogP contribution in [0.4, 0.5) is 11.4 Å². The van der Waals surface area contributed by atoms with Crippen LogP contribution in [0.3, 0.4) is 0 Å². The minimum absolute atomic E-state index is 0.0744. The van der Waals surface area contributed by atoms with E-state index in [1.54, 1.807) is 24.3 Å². The lowest BCUT2D eigenvalue weighted by Crippen LogP contribution is -2.14. The fourth-order valence-corrected chi connectivity index (χ4v) is 3.15. The van der Waals surface area contributed by atoms with Crippen LogP contribution in [0.25, 0.3) is 0 Å². The first-order valence-corrected chi connectivity index (χ1v) is 8.53. The smallest absolute Gasteiger partial charge is 0.255 e. The Hall–Kier alpha value is -2.62. The average molecular weight is 320 g/mol. The van der Waals surface area contributed by atoms with Crippen LogP contribution >= 0.6 is 0 Å². The maximum atomic E-state index is 12.4. The standard InChI is InChI=1S/C20H20N2O2/c23-19(14-4-5-14)21-17-9-7-15(8-10-17)20(24)22-18-11-6-13-2-1-3-16(13)12-18/h6-12,14H,1-5H2,(H,21,23)(H,22,24). The van der Waals surface area contributed by atoms with Crippen molar-refractivity contribution in [3.8, 4) is 0 Å². The Kier molecular flexibility index (Phi) is 3.81. The van der Waals surface area contributed by atoms with Crippen molar-refractivity contribution >= 4 is 23.2 Å². The second-order valence-electron chi connectivity index (χ2n) is 6.63. The maximum absolute atomic E-state index is 12.4. The summed E-state index contributed by atoms with van der Waals surface area (Å²) in [6, 6.07) is 13.2. The normalized spacial score (nSPS) is 15.7. The SMILES string of the molecule is O=C(Nc1ccc2c(c1)CCC2)c1ccc(NC(=O)C2CC2)cc1. The van der Waals surface area contributed by atoms with E-state index in [0.717, 1.165) is 37.1 Å². The lowest BCUT2D eigenvalue weighted by Gasteiger charge is -2.09. The van der Waals surface area contributed by atoms with Gasteiger partial charge in [0.25, 0.3) is 5.91 Å². The van der Waals surface area contributed by atoms with E-state index in [1.807, 2.05) is 6.07 Å². The lowest BCUT2D eigenvalue weighted by atomic mass is 10.1. The molecule has 1 saturated carbocycles. The molecule has 2 aromatic rings. The van der Waals surface area contributed by atoms with Gasteiger partial charge in [0.05, 0.1) is 0 Å². The first-order valence-electron chi connectivity index (χ1n) is 8.53. The van der Waals surface area contributed by atoms with E-state index >= 15 is 0 Å². The van der Waals surface area contributed by atoms with E-state index in [4.69, 9.17) is 0 Å². The zero-order chi connectivity index (χ0) is 16.5. The molecule has 4 rings (SSSR count). The number of fused-ring (bicyclic) bond motifs is 1. The molecule has 2 aliphatic rings. The number of carbonyl (C=O) groups is 2. The molecule has 0 bridgehead atoms. The topological polar surface area (TPSA) is 58.2 Å². The van der Waals surface area contributed by atoms with E-state index in [1.165, 1.54) is 17.5 Å². The van der Waals surface area contributed by atoms with Crippen LogP contribution in [0.1, 0.15) is 40.7 Å². The summed E-state index contributed by atoms with van der Waals surface area (Å²) in [5.74, 6) is 0.117. The molecule has 0 aromatic heterocycles. The van der Waals surface area contributed by atoms with Crippen molar-refractivity contribution in [1.82, 2.24) is 0 Å². The summed E-state index contributed by atoms with van der Waals surface area (Å²) in [4.78, 5) is 24.1. The maximum Gasteiger partial charge on any atom is 0.255 e. The van der Waals surface area contributed by atoms with Crippen molar-refractivity contribution in [2.24, 2.45) is 5.92 Å². The van der Waals surface area contributed by atoms with Crippen LogP contribution in [-0.2, 0) is 17.6 Å². The van der Waals surface area contributed by atoms with Crippen molar-refractivity contribution in [2.75, 3.05) is 10.6 Å². The van der Waals surface area contributed by atoms with Crippen LogP contribution in [0.5, 0.6) is 0 Å². The van der Waals surface area contributed by atoms with Crippen LogP contribution in [0.2, 0.25) is 0 Å². The van der Waals surface area contributed by atoms with Gasteiger partial charge in [0.15, 0.2) is 0 Å². The number of amides is 2. The first kappa shape index (κ1) is 14.9. The summed E-state index contributed by atoms with van der Waals surface area (Å²) in [5, 5.41) is 5.83. The summed E-state index contributed by atoms with van der Waals surface area (Å²) < 4.78 is 0. The Morgan fingerprint density at radius 1 is 0.833 bits per heavy atom. The zero-order valence-corrected chi connectivity index (χ0v) is 13.5. The van der Waals surface area contributed by atoms with Crippen molar-refractivity contribution in [3.05, 3.63) is 59.2 Å². The molecule has 4 heteroatoms. The number of hydrogen-bond donors (Lipinski definition) is 2. The van der Waals surface area contributed by atoms with Gasteiger partial charge in [-0.3, -0.25) is 9.59 Å². The third-order valence-electron chi connectivity index (χ3n) is 4.72. The third kappa shape index (κ3) is 3.18. The van der Waals surface area contributed by atoms with Gasteiger partial charge in [-0.05, 0) is 79.6 Å². The van der Waals surface area contributed by atoms with Gasteiger partial charge < -0.3 is 10.6 Å². The molecular weight excluding hydrogens is 300 g/mol. The molecule has 0 atom stereocenters. The molecule has 2 N–H and O–H groups in total. The number of carbonyl (C=O) groups excluding carboxylic acids is 2. The molecule has 24 heavy (non-hydrogen) atoms. The first-order chi connectivity index (χ1) is 11.7. The molecule has 2 aliphatic carbocycles. The Labute approximate surface area is 141 Å². The highest BCUT2D eigenvalue weighted by Crippen LogP contribution is 2.30. The van der Waals surface area contributed by atoms with Crippen LogP contribution in [0.15, 0.2) is 42.5 Å². The highest BCUT2D eigenvalue weighted by molar-refractivity contribution is 6.04. The summed E-state index contributed by atoms with van der Waals surface area (Å²) in [6.45, 7) is 0. The molecule has 2 aromatic carbocycles. The van der Waals surface area contributed by atoms with E-state index in [0.29, 0.717) is 5.56 Å². The predicted molar refractivity (Wildman–Crippen MR) is 94.2 cm³/mol. The summed E-state index contributed by atoms with van der Waals surface area (Å²) in [6.07, 6.45) is 5.38. The van der Waals surface area contributed by atoms with Gasteiger partial charge >= 0.3 is 0 Å². The van der Waals surface area contributed by atoms with Crippen molar-refractivity contribution in [3.63, 3.8) is 0 Å². The third-order valence-corrected chi connectivity index (χ3v) is 4.72. The largest absolute Gasteiger partial charge is 0.326 e. The fraction of sp³-hybridized carbons (Fsp3) is 0.300. The van der Waals surface area contributed by atoms with E-state index in [2.05, 4.69) is 22.8 Å². The second-order valence-corrected chi connectivity index (χ2v) is 6.63. The molecule has 2 amide bonds. The van der Waals surface area contributed by atoms with Crippen molar-refractivity contribution in [2.45, 2.75) is 32.1 Å². The minimum atomic E-state index is -0.131. The summed E-state index contributed by atoms with van der Waals surface area (Å²) in [5.41, 5.74) is 4.89. The highest BCUT2D eigenvalue weighted by Gasteiger charge is 2.29. The van der Waals surface area contributed by atoms with E-state index in [-0.39, 0.29) is 17.7 Å². The zero-order valence-electron chi connectivity index (χ0n) is 13.5. The Balaban J connectivity index is 1.41. The van der Waals surface area contributed by atoms with Crippen LogP contribution < -0.4 is 10.6 Å². The average Bonchev–Trinajstić information content (AvgIpc) is 3.34. The molecule has 122 valence electrons. The monoisotopic (exact) mass is 320 g/mol. The van der Waals surface area contributed by atoms with Gasteiger partial charge in [0, 0.05) is 22.9 Å². The van der Waals surface area contributed by atoms with Gasteiger partial charge in [-0.15, -0.1) is 0 Å². The fourth-order valence-electron chi connectivity index (χ4n) is 3.15. The van der Waals surface area contributed by atoms with E-state index < -0.39 is 0 Å². The molecule has 0 unspecified atom stereocenters. The van der Waals surface area contributed by atoms with Gasteiger partial charge in [-0.1, -0.05) is 6.07 Å².